The first-order valence-corrected chi connectivity index (χ1v) is 5.63. The molecule has 0 spiro atoms. The normalized spacial score (nSPS) is 10.2. The number of anilines is 1. The standard InChI is InChI=1S/C14H16N2O/c1-15-14-8-7-13(9-16-14)11-17-10-12-5-3-2-4-6-12/h2-9H,10-11H2,1H3,(H,15,16). The van der Waals surface area contributed by atoms with Crippen molar-refractivity contribution in [3.63, 3.8) is 0 Å². The maximum absolute atomic E-state index is 5.62. The molecule has 2 aromatic rings. The Bertz CT molecular complexity index is 440. The van der Waals surface area contributed by atoms with E-state index in [1.54, 1.807) is 0 Å². The van der Waals surface area contributed by atoms with Crippen molar-refractivity contribution in [3.05, 3.63) is 59.8 Å². The lowest BCUT2D eigenvalue weighted by atomic mass is 10.2. The van der Waals surface area contributed by atoms with Crippen LogP contribution in [0.3, 0.4) is 0 Å². The number of nitrogens with zero attached hydrogens (tertiary/aromatic N) is 1. The summed E-state index contributed by atoms with van der Waals surface area (Å²) in [6, 6.07) is 14.1. The highest BCUT2D eigenvalue weighted by Crippen LogP contribution is 2.07. The van der Waals surface area contributed by atoms with Gasteiger partial charge in [0.25, 0.3) is 0 Å². The molecule has 0 aliphatic carbocycles. The molecule has 1 aromatic heterocycles. The van der Waals surface area contributed by atoms with Crippen LogP contribution in [-0.2, 0) is 18.0 Å². The van der Waals surface area contributed by atoms with Gasteiger partial charge in [0, 0.05) is 13.2 Å². The molecule has 17 heavy (non-hydrogen) atoms. The van der Waals surface area contributed by atoms with E-state index < -0.39 is 0 Å². The minimum absolute atomic E-state index is 0.589. The summed E-state index contributed by atoms with van der Waals surface area (Å²) in [5.74, 6) is 0.872. The maximum Gasteiger partial charge on any atom is 0.125 e. The molecule has 0 saturated carbocycles. The first kappa shape index (κ1) is 11.6. The lowest BCUT2D eigenvalue weighted by molar-refractivity contribution is 0.107. The van der Waals surface area contributed by atoms with Crippen LogP contribution in [0.25, 0.3) is 0 Å². The summed E-state index contributed by atoms with van der Waals surface area (Å²) in [6.07, 6.45) is 1.83. The SMILES string of the molecule is CNc1ccc(COCc2ccccc2)cn1. The minimum Gasteiger partial charge on any atom is -0.373 e. The Balaban J connectivity index is 1.82. The summed E-state index contributed by atoms with van der Waals surface area (Å²) in [6.45, 7) is 1.22. The van der Waals surface area contributed by atoms with Crippen LogP contribution in [0, 0.1) is 0 Å². The zero-order valence-corrected chi connectivity index (χ0v) is 9.89. The van der Waals surface area contributed by atoms with Gasteiger partial charge in [0.2, 0.25) is 0 Å². The van der Waals surface area contributed by atoms with Gasteiger partial charge in [-0.3, -0.25) is 0 Å². The summed E-state index contributed by atoms with van der Waals surface area (Å²) in [5.41, 5.74) is 2.27. The molecule has 1 N–H and O–H groups in total. The second-order valence-electron chi connectivity index (χ2n) is 3.78. The predicted molar refractivity (Wildman–Crippen MR) is 68.7 cm³/mol. The highest BCUT2D eigenvalue weighted by atomic mass is 16.5. The Morgan fingerprint density at radius 1 is 1.00 bits per heavy atom. The van der Waals surface area contributed by atoms with E-state index in [1.165, 1.54) is 5.56 Å². The van der Waals surface area contributed by atoms with Crippen LogP contribution in [0.1, 0.15) is 11.1 Å². The largest absolute Gasteiger partial charge is 0.373 e. The Hall–Kier alpha value is -1.87. The van der Waals surface area contributed by atoms with Gasteiger partial charge in [-0.05, 0) is 17.2 Å². The van der Waals surface area contributed by atoms with Crippen molar-refractivity contribution in [2.75, 3.05) is 12.4 Å². The molecule has 0 saturated heterocycles. The van der Waals surface area contributed by atoms with Crippen molar-refractivity contribution >= 4 is 5.82 Å². The topological polar surface area (TPSA) is 34.1 Å². The lowest BCUT2D eigenvalue weighted by Crippen LogP contribution is -1.96. The molecule has 0 unspecified atom stereocenters. The average molecular weight is 228 g/mol. The monoisotopic (exact) mass is 228 g/mol. The highest BCUT2D eigenvalue weighted by molar-refractivity contribution is 5.34. The van der Waals surface area contributed by atoms with Crippen LogP contribution in [0.2, 0.25) is 0 Å². The maximum atomic E-state index is 5.62. The Labute approximate surface area is 101 Å². The lowest BCUT2D eigenvalue weighted by Gasteiger charge is -2.05. The van der Waals surface area contributed by atoms with E-state index in [-0.39, 0.29) is 0 Å². The Morgan fingerprint density at radius 3 is 2.41 bits per heavy atom. The highest BCUT2D eigenvalue weighted by Gasteiger charge is 1.96. The van der Waals surface area contributed by atoms with Crippen LogP contribution >= 0.6 is 0 Å². The van der Waals surface area contributed by atoms with Gasteiger partial charge in [0.1, 0.15) is 5.82 Å². The molecule has 1 aromatic carbocycles. The van der Waals surface area contributed by atoms with E-state index in [0.717, 1.165) is 11.4 Å². The molecule has 0 aliphatic rings. The Morgan fingerprint density at radius 2 is 1.76 bits per heavy atom. The van der Waals surface area contributed by atoms with E-state index in [9.17, 15) is 0 Å². The zero-order chi connectivity index (χ0) is 11.9. The van der Waals surface area contributed by atoms with Gasteiger partial charge >= 0.3 is 0 Å². The van der Waals surface area contributed by atoms with Crippen molar-refractivity contribution in [1.29, 1.82) is 0 Å². The molecule has 0 aliphatic heterocycles. The van der Waals surface area contributed by atoms with Crippen molar-refractivity contribution in [2.45, 2.75) is 13.2 Å². The fourth-order valence-corrected chi connectivity index (χ4v) is 1.52. The van der Waals surface area contributed by atoms with Gasteiger partial charge in [0.05, 0.1) is 13.2 Å². The van der Waals surface area contributed by atoms with E-state index in [4.69, 9.17) is 4.74 Å². The van der Waals surface area contributed by atoms with Crippen LogP contribution in [0.5, 0.6) is 0 Å². The summed E-state index contributed by atoms with van der Waals surface area (Å²) >= 11 is 0. The number of rotatable bonds is 5. The van der Waals surface area contributed by atoms with Gasteiger partial charge in [-0.1, -0.05) is 36.4 Å². The molecule has 0 radical (unpaired) electrons. The van der Waals surface area contributed by atoms with E-state index >= 15 is 0 Å². The quantitative estimate of drug-likeness (QED) is 0.854. The predicted octanol–water partition coefficient (Wildman–Crippen LogP) is 2.84. The molecule has 3 heteroatoms. The third-order valence-electron chi connectivity index (χ3n) is 2.46. The van der Waals surface area contributed by atoms with Crippen molar-refractivity contribution < 1.29 is 4.74 Å². The van der Waals surface area contributed by atoms with Gasteiger partial charge in [0.15, 0.2) is 0 Å². The van der Waals surface area contributed by atoms with Gasteiger partial charge < -0.3 is 10.1 Å². The van der Waals surface area contributed by atoms with Crippen LogP contribution < -0.4 is 5.32 Å². The van der Waals surface area contributed by atoms with Crippen molar-refractivity contribution in [2.24, 2.45) is 0 Å². The zero-order valence-electron chi connectivity index (χ0n) is 9.89. The fraction of sp³-hybridized carbons (Fsp3) is 0.214. The number of hydrogen-bond donors (Lipinski definition) is 1. The molecule has 0 fully saturated rings. The van der Waals surface area contributed by atoms with Crippen LogP contribution in [-0.4, -0.2) is 12.0 Å². The summed E-state index contributed by atoms with van der Waals surface area (Å²) in [5, 5.41) is 2.98. The smallest absolute Gasteiger partial charge is 0.125 e. The molecular weight excluding hydrogens is 212 g/mol. The van der Waals surface area contributed by atoms with Gasteiger partial charge in [-0.15, -0.1) is 0 Å². The third-order valence-corrected chi connectivity index (χ3v) is 2.46. The summed E-state index contributed by atoms with van der Waals surface area (Å²) < 4.78 is 5.62. The molecule has 0 atom stereocenters. The third kappa shape index (κ3) is 3.57. The molecule has 0 bridgehead atoms. The van der Waals surface area contributed by atoms with E-state index in [2.05, 4.69) is 22.4 Å². The van der Waals surface area contributed by atoms with E-state index in [1.807, 2.05) is 43.6 Å². The van der Waals surface area contributed by atoms with Gasteiger partial charge in [-0.2, -0.15) is 0 Å². The molecule has 0 amide bonds. The minimum atomic E-state index is 0.589. The molecule has 88 valence electrons. The van der Waals surface area contributed by atoms with E-state index in [0.29, 0.717) is 13.2 Å². The number of hydrogen-bond acceptors (Lipinski definition) is 3. The first-order valence-electron chi connectivity index (χ1n) is 5.63. The number of aromatic nitrogens is 1. The summed E-state index contributed by atoms with van der Waals surface area (Å²) in [7, 11) is 1.86. The summed E-state index contributed by atoms with van der Waals surface area (Å²) in [4.78, 5) is 4.23. The molecule has 3 nitrogen and oxygen atoms in total. The first-order chi connectivity index (χ1) is 8.38. The molecule has 2 rings (SSSR count). The second-order valence-corrected chi connectivity index (χ2v) is 3.78. The fourth-order valence-electron chi connectivity index (χ4n) is 1.52. The van der Waals surface area contributed by atoms with Crippen LogP contribution in [0.4, 0.5) is 5.82 Å². The van der Waals surface area contributed by atoms with Gasteiger partial charge in [-0.25, -0.2) is 4.98 Å². The molecule has 1 heterocycles. The number of benzene rings is 1. The number of nitrogens with one attached hydrogen (secondary N) is 1. The number of pyridine rings is 1. The van der Waals surface area contributed by atoms with Crippen LogP contribution in [0.15, 0.2) is 48.7 Å². The Kier molecular flexibility index (Phi) is 4.11. The van der Waals surface area contributed by atoms with Crippen molar-refractivity contribution in [1.82, 2.24) is 4.98 Å². The van der Waals surface area contributed by atoms with Crippen molar-refractivity contribution in [3.8, 4) is 0 Å². The second kappa shape index (κ2) is 6.01. The molecular formula is C14H16N2O. The number of ether oxygens (including phenoxy) is 1. The average Bonchev–Trinajstić information content (AvgIpc) is 2.41.